The SMILES string of the molecule is NC[C@H](CO)C1(N2CCCC2)CCCC1. The Kier molecular flexibility index (Phi) is 3.65. The summed E-state index contributed by atoms with van der Waals surface area (Å²) in [5.74, 6) is 0.290. The third-order valence-electron chi connectivity index (χ3n) is 4.47. The van der Waals surface area contributed by atoms with E-state index in [0.29, 0.717) is 6.54 Å². The summed E-state index contributed by atoms with van der Waals surface area (Å²) < 4.78 is 0. The van der Waals surface area contributed by atoms with E-state index in [1.807, 2.05) is 0 Å². The maximum Gasteiger partial charge on any atom is 0.0489 e. The highest BCUT2D eigenvalue weighted by Crippen LogP contribution is 2.42. The summed E-state index contributed by atoms with van der Waals surface area (Å²) in [6.45, 7) is 3.33. The number of aliphatic hydroxyl groups is 1. The Morgan fingerprint density at radius 2 is 1.73 bits per heavy atom. The summed E-state index contributed by atoms with van der Waals surface area (Å²) in [7, 11) is 0. The lowest BCUT2D eigenvalue weighted by atomic mass is 9.81. The summed E-state index contributed by atoms with van der Waals surface area (Å²) >= 11 is 0. The first-order valence-corrected chi connectivity index (χ1v) is 6.39. The normalized spacial score (nSPS) is 28.4. The van der Waals surface area contributed by atoms with Gasteiger partial charge in [0.2, 0.25) is 0 Å². The predicted molar refractivity (Wildman–Crippen MR) is 61.6 cm³/mol. The van der Waals surface area contributed by atoms with Crippen molar-refractivity contribution >= 4 is 0 Å². The highest BCUT2D eigenvalue weighted by molar-refractivity contribution is 5.01. The third kappa shape index (κ3) is 1.93. The molecule has 2 fully saturated rings. The van der Waals surface area contributed by atoms with Crippen LogP contribution in [0.1, 0.15) is 38.5 Å². The van der Waals surface area contributed by atoms with Gasteiger partial charge in [-0.25, -0.2) is 0 Å². The molecule has 1 saturated heterocycles. The minimum absolute atomic E-state index is 0.250. The third-order valence-corrected chi connectivity index (χ3v) is 4.47. The smallest absolute Gasteiger partial charge is 0.0489 e. The lowest BCUT2D eigenvalue weighted by Gasteiger charge is -2.44. The van der Waals surface area contributed by atoms with Crippen LogP contribution < -0.4 is 5.73 Å². The fourth-order valence-electron chi connectivity index (χ4n) is 3.60. The van der Waals surface area contributed by atoms with Crippen molar-refractivity contribution in [3.8, 4) is 0 Å². The van der Waals surface area contributed by atoms with Gasteiger partial charge in [-0.2, -0.15) is 0 Å². The van der Waals surface area contributed by atoms with E-state index in [4.69, 9.17) is 5.73 Å². The number of nitrogens with zero attached hydrogens (tertiary/aromatic N) is 1. The van der Waals surface area contributed by atoms with Crippen LogP contribution in [0.15, 0.2) is 0 Å². The molecule has 15 heavy (non-hydrogen) atoms. The zero-order valence-corrected chi connectivity index (χ0v) is 9.62. The molecule has 0 aromatic rings. The first kappa shape index (κ1) is 11.4. The maximum absolute atomic E-state index is 9.51. The Morgan fingerprint density at radius 1 is 1.13 bits per heavy atom. The van der Waals surface area contributed by atoms with Crippen LogP contribution in [0.3, 0.4) is 0 Å². The molecule has 3 nitrogen and oxygen atoms in total. The van der Waals surface area contributed by atoms with Gasteiger partial charge in [0.05, 0.1) is 0 Å². The molecule has 1 heterocycles. The van der Waals surface area contributed by atoms with Crippen molar-refractivity contribution in [3.63, 3.8) is 0 Å². The van der Waals surface area contributed by atoms with Gasteiger partial charge in [0.1, 0.15) is 0 Å². The Labute approximate surface area is 92.6 Å². The number of rotatable bonds is 4. The van der Waals surface area contributed by atoms with E-state index in [0.717, 1.165) is 0 Å². The van der Waals surface area contributed by atoms with E-state index >= 15 is 0 Å². The monoisotopic (exact) mass is 212 g/mol. The molecule has 1 atom stereocenters. The molecular weight excluding hydrogens is 188 g/mol. The summed E-state index contributed by atoms with van der Waals surface area (Å²) in [5.41, 5.74) is 6.08. The molecule has 2 aliphatic rings. The van der Waals surface area contributed by atoms with E-state index in [2.05, 4.69) is 4.90 Å². The minimum atomic E-state index is 0.250. The number of nitrogens with two attached hydrogens (primary N) is 1. The summed E-state index contributed by atoms with van der Waals surface area (Å²) in [6.07, 6.45) is 7.76. The van der Waals surface area contributed by atoms with E-state index < -0.39 is 0 Å². The van der Waals surface area contributed by atoms with E-state index in [1.54, 1.807) is 0 Å². The average molecular weight is 212 g/mol. The molecule has 2 rings (SSSR count). The van der Waals surface area contributed by atoms with Gasteiger partial charge >= 0.3 is 0 Å². The fraction of sp³-hybridized carbons (Fsp3) is 1.00. The lowest BCUT2D eigenvalue weighted by Crippen LogP contribution is -2.54. The van der Waals surface area contributed by atoms with Crippen LogP contribution in [0.5, 0.6) is 0 Å². The first-order chi connectivity index (χ1) is 7.33. The van der Waals surface area contributed by atoms with Gasteiger partial charge in [0.25, 0.3) is 0 Å². The Morgan fingerprint density at radius 3 is 2.20 bits per heavy atom. The zero-order chi connectivity index (χ0) is 10.7. The van der Waals surface area contributed by atoms with Gasteiger partial charge < -0.3 is 10.8 Å². The molecular formula is C12H24N2O. The average Bonchev–Trinajstić information content (AvgIpc) is 2.90. The predicted octanol–water partition coefficient (Wildman–Crippen LogP) is 0.962. The van der Waals surface area contributed by atoms with Crippen LogP contribution in [0.25, 0.3) is 0 Å². The minimum Gasteiger partial charge on any atom is -0.396 e. The molecule has 1 saturated carbocycles. The van der Waals surface area contributed by atoms with Gasteiger partial charge in [-0.3, -0.25) is 4.90 Å². The van der Waals surface area contributed by atoms with Crippen LogP contribution in [-0.4, -0.2) is 41.8 Å². The number of likely N-dealkylation sites (tertiary alicyclic amines) is 1. The zero-order valence-electron chi connectivity index (χ0n) is 9.62. The van der Waals surface area contributed by atoms with Gasteiger partial charge in [0, 0.05) is 18.1 Å². The molecule has 3 heteroatoms. The number of hydrogen-bond acceptors (Lipinski definition) is 3. The second kappa shape index (κ2) is 4.81. The first-order valence-electron chi connectivity index (χ1n) is 6.39. The van der Waals surface area contributed by atoms with Crippen molar-refractivity contribution in [2.24, 2.45) is 11.7 Å². The Balaban J connectivity index is 2.14. The van der Waals surface area contributed by atoms with Crippen LogP contribution >= 0.6 is 0 Å². The van der Waals surface area contributed by atoms with Crippen molar-refractivity contribution in [2.45, 2.75) is 44.1 Å². The van der Waals surface area contributed by atoms with Crippen molar-refractivity contribution < 1.29 is 5.11 Å². The molecule has 0 bridgehead atoms. The van der Waals surface area contributed by atoms with Gasteiger partial charge in [-0.15, -0.1) is 0 Å². The maximum atomic E-state index is 9.51. The molecule has 0 unspecified atom stereocenters. The fourth-order valence-corrected chi connectivity index (χ4v) is 3.60. The van der Waals surface area contributed by atoms with Gasteiger partial charge in [-0.1, -0.05) is 12.8 Å². The topological polar surface area (TPSA) is 49.5 Å². The highest BCUT2D eigenvalue weighted by Gasteiger charge is 2.45. The van der Waals surface area contributed by atoms with E-state index in [1.165, 1.54) is 51.6 Å². The van der Waals surface area contributed by atoms with Gasteiger partial charge in [-0.05, 0) is 45.3 Å². The largest absolute Gasteiger partial charge is 0.396 e. The lowest BCUT2D eigenvalue weighted by molar-refractivity contribution is 0.0295. The number of hydrogen-bond donors (Lipinski definition) is 2. The second-order valence-corrected chi connectivity index (χ2v) is 5.12. The molecule has 0 aromatic carbocycles. The molecule has 0 aromatic heterocycles. The molecule has 1 aliphatic heterocycles. The Bertz CT molecular complexity index is 188. The summed E-state index contributed by atoms with van der Waals surface area (Å²) in [4.78, 5) is 2.62. The van der Waals surface area contributed by atoms with E-state index in [9.17, 15) is 5.11 Å². The molecule has 0 radical (unpaired) electrons. The van der Waals surface area contributed by atoms with Gasteiger partial charge in [0.15, 0.2) is 0 Å². The molecule has 1 aliphatic carbocycles. The molecule has 0 amide bonds. The van der Waals surface area contributed by atoms with Crippen LogP contribution in [0, 0.1) is 5.92 Å². The van der Waals surface area contributed by atoms with Crippen LogP contribution in [0.4, 0.5) is 0 Å². The standard InChI is InChI=1S/C12H24N2O/c13-9-11(10-15)12(5-1-2-6-12)14-7-3-4-8-14/h11,15H,1-10,13H2/t11-/m1/s1. The second-order valence-electron chi connectivity index (χ2n) is 5.12. The van der Waals surface area contributed by atoms with Crippen LogP contribution in [0.2, 0.25) is 0 Å². The highest BCUT2D eigenvalue weighted by atomic mass is 16.3. The van der Waals surface area contributed by atoms with Crippen molar-refractivity contribution in [1.82, 2.24) is 4.90 Å². The summed E-state index contributed by atoms with van der Waals surface area (Å²) in [6, 6.07) is 0. The summed E-state index contributed by atoms with van der Waals surface area (Å²) in [5, 5.41) is 9.51. The quantitative estimate of drug-likeness (QED) is 0.730. The molecule has 3 N–H and O–H groups in total. The van der Waals surface area contributed by atoms with Crippen molar-refractivity contribution in [3.05, 3.63) is 0 Å². The van der Waals surface area contributed by atoms with Crippen molar-refractivity contribution in [2.75, 3.05) is 26.2 Å². The molecule has 0 spiro atoms. The Hall–Kier alpha value is -0.120. The molecule has 88 valence electrons. The number of aliphatic hydroxyl groups excluding tert-OH is 1. The van der Waals surface area contributed by atoms with Crippen LogP contribution in [-0.2, 0) is 0 Å². The van der Waals surface area contributed by atoms with E-state index in [-0.39, 0.29) is 18.1 Å². The van der Waals surface area contributed by atoms with Crippen molar-refractivity contribution in [1.29, 1.82) is 0 Å².